The highest BCUT2D eigenvalue weighted by Crippen LogP contribution is 2.48. The molecule has 1 aliphatic carbocycles. The van der Waals surface area contributed by atoms with Crippen LogP contribution in [0.25, 0.3) is 90.2 Å². The van der Waals surface area contributed by atoms with Crippen molar-refractivity contribution in [2.45, 2.75) is 12.0 Å². The van der Waals surface area contributed by atoms with E-state index in [4.69, 9.17) is 23.8 Å². The lowest BCUT2D eigenvalue weighted by atomic mass is 9.89. The molecule has 6 heteroatoms. The predicted octanol–water partition coefficient (Wildman–Crippen LogP) is 10.6. The Morgan fingerprint density at radius 2 is 1.05 bits per heavy atom. The van der Waals surface area contributed by atoms with E-state index in [1.165, 1.54) is 21.7 Å². The zero-order chi connectivity index (χ0) is 36.0. The molecular weight excluding hydrogens is 677 g/mol. The minimum absolute atomic E-state index is 0.154. The molecule has 7 aromatic carbocycles. The highest BCUT2D eigenvalue weighted by atomic mass is 16.3. The van der Waals surface area contributed by atoms with Gasteiger partial charge in [-0.15, -0.1) is 0 Å². The number of benzene rings is 7. The van der Waals surface area contributed by atoms with Crippen LogP contribution in [0.5, 0.6) is 0 Å². The number of fused-ring (bicyclic) bond motifs is 10. The fraction of sp³-hybridized carbons (Fsp3) is 0.0408. The second-order valence-electron chi connectivity index (χ2n) is 14.3. The summed E-state index contributed by atoms with van der Waals surface area (Å²) in [6.45, 7) is 0. The number of hydrogen-bond acceptors (Lipinski definition) is 6. The number of hydrogen-bond donors (Lipinski definition) is 0. The molecule has 0 saturated heterocycles. The van der Waals surface area contributed by atoms with Gasteiger partial charge in [0.1, 0.15) is 22.3 Å². The van der Waals surface area contributed by atoms with E-state index in [-0.39, 0.29) is 12.0 Å². The maximum absolute atomic E-state index is 6.69. The standard InChI is InChI=1S/C49H30N4O2/c1-2-12-29(13-3-1)47-50-48(36-18-10-22-42-45(36)34-17-7-9-21-41(34)54-42)52-49(51-47)37-19-11-23-43-46(37)35-25-24-32(28-44(35)55-43)53-39-20-8-6-16-33(39)38-26-30-14-4-5-15-31(30)27-40(38)53/h1-28,38,40H. The van der Waals surface area contributed by atoms with Crippen molar-refractivity contribution in [2.75, 3.05) is 4.90 Å². The van der Waals surface area contributed by atoms with E-state index in [0.717, 1.165) is 66.3 Å². The summed E-state index contributed by atoms with van der Waals surface area (Å²) in [5.41, 5.74) is 9.54. The van der Waals surface area contributed by atoms with Gasteiger partial charge in [-0.3, -0.25) is 0 Å². The minimum atomic E-state index is 0.154. The Morgan fingerprint density at radius 1 is 0.455 bits per heavy atom. The maximum Gasteiger partial charge on any atom is 0.164 e. The summed E-state index contributed by atoms with van der Waals surface area (Å²) >= 11 is 0. The number of furan rings is 2. The summed E-state index contributed by atoms with van der Waals surface area (Å²) in [7, 11) is 0. The topological polar surface area (TPSA) is 68.2 Å². The second kappa shape index (κ2) is 11.6. The summed E-state index contributed by atoms with van der Waals surface area (Å²) < 4.78 is 13.0. The van der Waals surface area contributed by atoms with Crippen LogP contribution in [0.4, 0.5) is 11.4 Å². The van der Waals surface area contributed by atoms with Crippen LogP contribution < -0.4 is 15.3 Å². The van der Waals surface area contributed by atoms with Crippen LogP contribution in [0.2, 0.25) is 0 Å². The molecule has 1 aliphatic heterocycles. The highest BCUT2D eigenvalue weighted by Gasteiger charge is 2.38. The molecule has 55 heavy (non-hydrogen) atoms. The van der Waals surface area contributed by atoms with Gasteiger partial charge >= 0.3 is 0 Å². The third kappa shape index (κ3) is 4.58. The lowest BCUT2D eigenvalue weighted by Gasteiger charge is -2.29. The van der Waals surface area contributed by atoms with E-state index in [1.54, 1.807) is 0 Å². The van der Waals surface area contributed by atoms with E-state index < -0.39 is 0 Å². The van der Waals surface area contributed by atoms with Gasteiger partial charge in [0.05, 0.1) is 6.04 Å². The maximum atomic E-state index is 6.69. The van der Waals surface area contributed by atoms with E-state index in [0.29, 0.717) is 17.5 Å². The number of aromatic nitrogens is 3. The van der Waals surface area contributed by atoms with E-state index in [2.05, 4.69) is 102 Å². The first-order valence-corrected chi connectivity index (χ1v) is 18.6. The average Bonchev–Trinajstić information content (AvgIpc) is 3.92. The molecule has 0 spiro atoms. The molecule has 0 radical (unpaired) electrons. The van der Waals surface area contributed by atoms with Crippen molar-refractivity contribution >= 4 is 67.4 Å². The molecular formula is C49H30N4O2. The minimum Gasteiger partial charge on any atom is -0.456 e. The molecule has 0 saturated carbocycles. The second-order valence-corrected chi connectivity index (χ2v) is 14.3. The molecule has 2 aliphatic rings. The number of nitrogens with zero attached hydrogens (tertiary/aromatic N) is 4. The first kappa shape index (κ1) is 30.2. The van der Waals surface area contributed by atoms with Gasteiger partial charge in [-0.1, -0.05) is 127 Å². The van der Waals surface area contributed by atoms with Crippen molar-refractivity contribution in [1.29, 1.82) is 0 Å². The molecule has 0 N–H and O–H groups in total. The zero-order valence-corrected chi connectivity index (χ0v) is 29.4. The van der Waals surface area contributed by atoms with Crippen LogP contribution in [0.3, 0.4) is 0 Å². The summed E-state index contributed by atoms with van der Waals surface area (Å²) in [4.78, 5) is 17.9. The average molecular weight is 707 g/mol. The number of para-hydroxylation sites is 2. The normalized spacial score (nSPS) is 15.9. The highest BCUT2D eigenvalue weighted by molar-refractivity contribution is 6.14. The van der Waals surface area contributed by atoms with Crippen LogP contribution in [-0.4, -0.2) is 21.0 Å². The van der Waals surface area contributed by atoms with Crippen molar-refractivity contribution in [2.24, 2.45) is 0 Å². The molecule has 0 amide bonds. The smallest absolute Gasteiger partial charge is 0.164 e. The third-order valence-corrected chi connectivity index (χ3v) is 11.2. The Kier molecular flexibility index (Phi) is 6.36. The Morgan fingerprint density at radius 3 is 1.84 bits per heavy atom. The molecule has 0 fully saturated rings. The van der Waals surface area contributed by atoms with Gasteiger partial charge in [-0.05, 0) is 52.4 Å². The Hall–Kier alpha value is -7.31. The molecule has 2 unspecified atom stereocenters. The third-order valence-electron chi connectivity index (χ3n) is 11.2. The lowest BCUT2D eigenvalue weighted by Crippen LogP contribution is -2.38. The lowest BCUT2D eigenvalue weighted by molar-refractivity contribution is 0.668. The summed E-state index contributed by atoms with van der Waals surface area (Å²) in [6, 6.07) is 54.6. The SMILES string of the molecule is C1=c2ccccc2=CC2C1c1ccccc1N2c1ccc2c(c1)oc1cccc(-c3nc(-c4ccccc4)nc(-c4cccc5oc6ccccc6c45)n3)c12. The van der Waals surface area contributed by atoms with Gasteiger partial charge in [-0.2, -0.15) is 0 Å². The molecule has 258 valence electrons. The van der Waals surface area contributed by atoms with Crippen LogP contribution in [0.15, 0.2) is 167 Å². The zero-order valence-electron chi connectivity index (χ0n) is 29.4. The summed E-state index contributed by atoms with van der Waals surface area (Å²) in [5, 5.41) is 6.53. The number of rotatable bonds is 4. The van der Waals surface area contributed by atoms with Crippen molar-refractivity contribution < 1.29 is 8.83 Å². The van der Waals surface area contributed by atoms with Crippen molar-refractivity contribution in [3.05, 3.63) is 174 Å². The fourth-order valence-electron chi connectivity index (χ4n) is 8.81. The van der Waals surface area contributed by atoms with E-state index in [1.807, 2.05) is 72.8 Å². The quantitative estimate of drug-likeness (QED) is 0.181. The molecule has 0 bridgehead atoms. The van der Waals surface area contributed by atoms with Crippen LogP contribution in [0.1, 0.15) is 11.5 Å². The summed E-state index contributed by atoms with van der Waals surface area (Å²) in [6.07, 6.45) is 4.84. The number of anilines is 2. The Labute approximate surface area is 315 Å². The summed E-state index contributed by atoms with van der Waals surface area (Å²) in [5.74, 6) is 2.01. The van der Waals surface area contributed by atoms with Crippen molar-refractivity contribution in [1.82, 2.24) is 15.0 Å². The Bertz CT molecular complexity index is 3310. The molecule has 10 aromatic rings. The monoisotopic (exact) mass is 706 g/mol. The van der Waals surface area contributed by atoms with Crippen molar-refractivity contribution in [3.8, 4) is 34.2 Å². The van der Waals surface area contributed by atoms with Gasteiger partial charge < -0.3 is 13.7 Å². The molecule has 6 nitrogen and oxygen atoms in total. The molecule has 3 aromatic heterocycles. The first-order chi connectivity index (χ1) is 27.2. The van der Waals surface area contributed by atoms with Gasteiger partial charge in [0, 0.05) is 61.6 Å². The van der Waals surface area contributed by atoms with Crippen molar-refractivity contribution in [3.63, 3.8) is 0 Å². The first-order valence-electron chi connectivity index (χ1n) is 18.6. The van der Waals surface area contributed by atoms with Gasteiger partial charge in [-0.25, -0.2) is 15.0 Å². The molecule has 4 heterocycles. The largest absolute Gasteiger partial charge is 0.456 e. The predicted molar refractivity (Wildman–Crippen MR) is 220 cm³/mol. The Balaban J connectivity index is 1.04. The van der Waals surface area contributed by atoms with E-state index in [9.17, 15) is 0 Å². The van der Waals surface area contributed by atoms with Crippen LogP contribution in [0, 0.1) is 0 Å². The fourth-order valence-corrected chi connectivity index (χ4v) is 8.81. The van der Waals surface area contributed by atoms with E-state index >= 15 is 0 Å². The van der Waals surface area contributed by atoms with Crippen LogP contribution in [-0.2, 0) is 0 Å². The molecule has 2 atom stereocenters. The van der Waals surface area contributed by atoms with Gasteiger partial charge in [0.2, 0.25) is 0 Å². The molecule has 12 rings (SSSR count). The van der Waals surface area contributed by atoms with Gasteiger partial charge in [0.15, 0.2) is 17.5 Å². The van der Waals surface area contributed by atoms with Gasteiger partial charge in [0.25, 0.3) is 0 Å². The van der Waals surface area contributed by atoms with Crippen LogP contribution >= 0.6 is 0 Å².